The van der Waals surface area contributed by atoms with Crippen molar-refractivity contribution in [1.29, 1.82) is 0 Å². The summed E-state index contributed by atoms with van der Waals surface area (Å²) >= 11 is 0. The number of nitrogens with two attached hydrogens (primary N) is 1. The van der Waals surface area contributed by atoms with Gasteiger partial charge in [0.15, 0.2) is 5.58 Å². The molecule has 1 aromatic carbocycles. The Morgan fingerprint density at radius 1 is 1.43 bits per heavy atom. The molecule has 0 aliphatic heterocycles. The van der Waals surface area contributed by atoms with Crippen molar-refractivity contribution < 1.29 is 13.2 Å². The normalized spacial score (nSPS) is 11.4. The van der Waals surface area contributed by atoms with Crippen LogP contribution in [0.1, 0.15) is 17.9 Å². The molecule has 0 saturated carbocycles. The number of rotatable bonds is 2. The molecule has 1 heterocycles. The van der Waals surface area contributed by atoms with Crippen LogP contribution in [-0.2, 0) is 6.54 Å². The van der Waals surface area contributed by atoms with Crippen LogP contribution in [0, 0.1) is 0 Å². The Hall–Kier alpha value is -1.49. The minimum atomic E-state index is -2.49. The van der Waals surface area contributed by atoms with Crippen molar-refractivity contribution >= 4 is 11.1 Å². The highest BCUT2D eigenvalue weighted by molar-refractivity contribution is 5.73. The highest BCUT2D eigenvalue weighted by Gasteiger charge is 2.10. The Kier molecular flexibility index (Phi) is 2.17. The van der Waals surface area contributed by atoms with Gasteiger partial charge in [0, 0.05) is 5.56 Å². The zero-order valence-corrected chi connectivity index (χ0v) is 7.21. The van der Waals surface area contributed by atoms with Gasteiger partial charge in [0.25, 0.3) is 6.43 Å². The molecular weight excluding hydrogens is 190 g/mol. The summed E-state index contributed by atoms with van der Waals surface area (Å²) in [4.78, 5) is 4.00. The first-order valence-electron chi connectivity index (χ1n) is 4.08. The van der Waals surface area contributed by atoms with Gasteiger partial charge in [-0.15, -0.1) is 0 Å². The number of oxazole rings is 1. The fourth-order valence-corrected chi connectivity index (χ4v) is 1.21. The van der Waals surface area contributed by atoms with E-state index in [1.807, 2.05) is 0 Å². The van der Waals surface area contributed by atoms with Crippen LogP contribution in [0.3, 0.4) is 0 Å². The molecule has 2 rings (SSSR count). The van der Waals surface area contributed by atoms with Crippen molar-refractivity contribution in [3.8, 4) is 0 Å². The average Bonchev–Trinajstić information content (AvgIpc) is 2.58. The van der Waals surface area contributed by atoms with Crippen LogP contribution >= 0.6 is 0 Å². The molecule has 5 heteroatoms. The maximum Gasteiger partial charge on any atom is 0.263 e. The molecule has 0 unspecified atom stereocenters. The van der Waals surface area contributed by atoms with Gasteiger partial charge < -0.3 is 10.2 Å². The average molecular weight is 198 g/mol. The fourth-order valence-electron chi connectivity index (χ4n) is 1.21. The summed E-state index contributed by atoms with van der Waals surface area (Å²) in [6.07, 6.45) is -2.49. The number of hydrogen-bond donors (Lipinski definition) is 1. The van der Waals surface area contributed by atoms with Gasteiger partial charge in [0.2, 0.25) is 5.89 Å². The molecule has 2 N–H and O–H groups in total. The lowest BCUT2D eigenvalue weighted by Crippen LogP contribution is -1.94. The first kappa shape index (κ1) is 9.08. The van der Waals surface area contributed by atoms with E-state index in [0.29, 0.717) is 17.0 Å². The number of halogens is 2. The molecule has 3 nitrogen and oxygen atoms in total. The van der Waals surface area contributed by atoms with Crippen molar-refractivity contribution in [2.75, 3.05) is 0 Å². The van der Waals surface area contributed by atoms with Gasteiger partial charge in [-0.25, -0.2) is 13.8 Å². The van der Waals surface area contributed by atoms with Crippen LogP contribution in [0.2, 0.25) is 0 Å². The molecular formula is C9H8F2N2O. The van der Waals surface area contributed by atoms with Crippen LogP contribution in [0.25, 0.3) is 11.1 Å². The molecule has 0 atom stereocenters. The van der Waals surface area contributed by atoms with E-state index < -0.39 is 6.43 Å². The first-order valence-corrected chi connectivity index (χ1v) is 4.08. The molecule has 0 spiro atoms. The number of aromatic nitrogens is 1. The van der Waals surface area contributed by atoms with Crippen molar-refractivity contribution in [2.24, 2.45) is 5.73 Å². The quantitative estimate of drug-likeness (QED) is 0.804. The van der Waals surface area contributed by atoms with Gasteiger partial charge in [-0.1, -0.05) is 6.07 Å². The fraction of sp³-hybridized carbons (Fsp3) is 0.222. The Bertz CT molecular complexity index is 453. The van der Waals surface area contributed by atoms with Crippen LogP contribution in [0.4, 0.5) is 8.78 Å². The van der Waals surface area contributed by atoms with Gasteiger partial charge in [-0.3, -0.25) is 0 Å². The number of fused-ring (bicyclic) bond motifs is 1. The Morgan fingerprint density at radius 2 is 2.21 bits per heavy atom. The van der Waals surface area contributed by atoms with E-state index in [2.05, 4.69) is 4.98 Å². The Labute approximate surface area is 78.5 Å². The van der Waals surface area contributed by atoms with Crippen molar-refractivity contribution in [1.82, 2.24) is 4.98 Å². The largest absolute Gasteiger partial charge is 0.439 e. The standard InChI is InChI=1S/C9H8F2N2O/c10-9(11)5-1-2-6-7(3-5)14-8(4-12)13-6/h1-3,9H,4,12H2. The summed E-state index contributed by atoms with van der Waals surface area (Å²) in [6.45, 7) is 0.165. The third kappa shape index (κ3) is 1.46. The Balaban J connectivity index is 2.54. The predicted octanol–water partition coefficient (Wildman–Crippen LogP) is 2.22. The smallest absolute Gasteiger partial charge is 0.263 e. The van der Waals surface area contributed by atoms with E-state index in [1.165, 1.54) is 18.2 Å². The van der Waals surface area contributed by atoms with Crippen LogP contribution < -0.4 is 5.73 Å². The maximum absolute atomic E-state index is 12.3. The van der Waals surface area contributed by atoms with Crippen LogP contribution in [0.15, 0.2) is 22.6 Å². The second-order valence-corrected chi connectivity index (χ2v) is 2.84. The van der Waals surface area contributed by atoms with Crippen molar-refractivity contribution in [3.63, 3.8) is 0 Å². The number of nitrogens with zero attached hydrogens (tertiary/aromatic N) is 1. The molecule has 74 valence electrons. The van der Waals surface area contributed by atoms with Crippen LogP contribution in [0.5, 0.6) is 0 Å². The van der Waals surface area contributed by atoms with Crippen LogP contribution in [-0.4, -0.2) is 4.98 Å². The molecule has 0 amide bonds. The molecule has 0 aliphatic rings. The lowest BCUT2D eigenvalue weighted by Gasteiger charge is -1.96. The molecule has 2 aromatic rings. The molecule has 0 bridgehead atoms. The zero-order chi connectivity index (χ0) is 10.1. The van der Waals surface area contributed by atoms with Gasteiger partial charge in [0.05, 0.1) is 6.54 Å². The second-order valence-electron chi connectivity index (χ2n) is 2.84. The highest BCUT2D eigenvalue weighted by atomic mass is 19.3. The Morgan fingerprint density at radius 3 is 2.86 bits per heavy atom. The van der Waals surface area contributed by atoms with E-state index in [4.69, 9.17) is 10.2 Å². The summed E-state index contributed by atoms with van der Waals surface area (Å²) in [5.41, 5.74) is 6.14. The van der Waals surface area contributed by atoms with Gasteiger partial charge in [-0.2, -0.15) is 0 Å². The molecule has 0 fully saturated rings. The summed E-state index contributed by atoms with van der Waals surface area (Å²) in [6, 6.07) is 4.11. The zero-order valence-electron chi connectivity index (χ0n) is 7.21. The minimum Gasteiger partial charge on any atom is -0.439 e. The summed E-state index contributed by atoms with van der Waals surface area (Å²) in [5, 5.41) is 0. The third-order valence-corrected chi connectivity index (χ3v) is 1.88. The molecule has 0 saturated heterocycles. The van der Waals surface area contributed by atoms with Crippen molar-refractivity contribution in [2.45, 2.75) is 13.0 Å². The summed E-state index contributed by atoms with van der Waals surface area (Å²) < 4.78 is 29.7. The lowest BCUT2D eigenvalue weighted by atomic mass is 10.2. The third-order valence-electron chi connectivity index (χ3n) is 1.88. The number of benzene rings is 1. The summed E-state index contributed by atoms with van der Waals surface area (Å²) in [7, 11) is 0. The minimum absolute atomic E-state index is 0.0720. The topological polar surface area (TPSA) is 52.0 Å². The highest BCUT2D eigenvalue weighted by Crippen LogP contribution is 2.23. The summed E-state index contributed by atoms with van der Waals surface area (Å²) in [5.74, 6) is 0.353. The first-order chi connectivity index (χ1) is 6.70. The SMILES string of the molecule is NCc1nc2ccc(C(F)F)cc2o1. The van der Waals surface area contributed by atoms with E-state index in [-0.39, 0.29) is 12.1 Å². The maximum atomic E-state index is 12.3. The lowest BCUT2D eigenvalue weighted by molar-refractivity contribution is 0.151. The molecule has 1 aromatic heterocycles. The monoisotopic (exact) mass is 198 g/mol. The molecule has 0 aliphatic carbocycles. The predicted molar refractivity (Wildman–Crippen MR) is 46.9 cm³/mol. The van der Waals surface area contributed by atoms with Crippen molar-refractivity contribution in [3.05, 3.63) is 29.7 Å². The van der Waals surface area contributed by atoms with E-state index >= 15 is 0 Å². The second kappa shape index (κ2) is 3.34. The van der Waals surface area contributed by atoms with Gasteiger partial charge >= 0.3 is 0 Å². The van der Waals surface area contributed by atoms with E-state index in [9.17, 15) is 8.78 Å². The number of hydrogen-bond acceptors (Lipinski definition) is 3. The van der Waals surface area contributed by atoms with E-state index in [0.717, 1.165) is 0 Å². The molecule has 0 radical (unpaired) electrons. The van der Waals surface area contributed by atoms with E-state index in [1.54, 1.807) is 0 Å². The van der Waals surface area contributed by atoms with Gasteiger partial charge in [-0.05, 0) is 12.1 Å². The van der Waals surface area contributed by atoms with Gasteiger partial charge in [0.1, 0.15) is 5.52 Å². The number of alkyl halides is 2. The molecule has 14 heavy (non-hydrogen) atoms.